The number of nitrogens with zero attached hydrogens (tertiary/aromatic N) is 2. The molecule has 0 saturated heterocycles. The van der Waals surface area contributed by atoms with E-state index < -0.39 is 23.7 Å². The molecule has 0 unspecified atom stereocenters. The Labute approximate surface area is 110 Å². The second-order valence-electron chi connectivity index (χ2n) is 3.60. The molecule has 0 amide bonds. The van der Waals surface area contributed by atoms with Gasteiger partial charge in [-0.25, -0.2) is 14.4 Å². The highest BCUT2D eigenvalue weighted by atomic mass is 19.1. The summed E-state index contributed by atoms with van der Waals surface area (Å²) in [5.74, 6) is -4.12. The van der Waals surface area contributed by atoms with E-state index in [2.05, 4.69) is 9.97 Å². The fourth-order valence-corrected chi connectivity index (χ4v) is 1.45. The van der Waals surface area contributed by atoms with Crippen molar-refractivity contribution in [3.8, 4) is 0 Å². The maximum Gasteiger partial charge on any atom is 0.326 e. The first kappa shape index (κ1) is 15.0. The number of halogens is 1. The summed E-state index contributed by atoms with van der Waals surface area (Å²) in [6.45, 7) is 4.72. The zero-order valence-corrected chi connectivity index (χ0v) is 11.0. The van der Waals surface area contributed by atoms with Crippen LogP contribution in [0.5, 0.6) is 0 Å². The predicted octanol–water partition coefficient (Wildman–Crippen LogP) is 1.13. The van der Waals surface area contributed by atoms with Crippen molar-refractivity contribution in [1.82, 2.24) is 9.97 Å². The molecule has 0 aromatic carbocycles. The van der Waals surface area contributed by atoms with Gasteiger partial charge in [-0.05, 0) is 20.8 Å². The molecule has 6 nitrogen and oxygen atoms in total. The first-order valence-electron chi connectivity index (χ1n) is 5.83. The summed E-state index contributed by atoms with van der Waals surface area (Å²) in [6.07, 6.45) is 1.08. The lowest BCUT2D eigenvalue weighted by atomic mass is 10.0. The van der Waals surface area contributed by atoms with Gasteiger partial charge in [0.1, 0.15) is 12.0 Å². The fraction of sp³-hybridized carbons (Fsp3) is 0.500. The van der Waals surface area contributed by atoms with Crippen LogP contribution in [0.1, 0.15) is 31.2 Å². The van der Waals surface area contributed by atoms with E-state index in [0.29, 0.717) is 0 Å². The van der Waals surface area contributed by atoms with Gasteiger partial charge in [0.15, 0.2) is 11.7 Å². The average Bonchev–Trinajstić information content (AvgIpc) is 2.35. The SMILES string of the molecule is CCOC(=O)C(C(=O)OCC)c1ncnc(C)c1F. The van der Waals surface area contributed by atoms with Crippen molar-refractivity contribution in [2.75, 3.05) is 13.2 Å². The first-order valence-corrected chi connectivity index (χ1v) is 5.83. The third-order valence-electron chi connectivity index (χ3n) is 2.31. The van der Waals surface area contributed by atoms with Gasteiger partial charge in [0, 0.05) is 0 Å². The third kappa shape index (κ3) is 3.46. The van der Waals surface area contributed by atoms with Crippen LogP contribution in [0.4, 0.5) is 4.39 Å². The van der Waals surface area contributed by atoms with Gasteiger partial charge in [-0.1, -0.05) is 0 Å². The number of aryl methyl sites for hydroxylation is 1. The van der Waals surface area contributed by atoms with Crippen LogP contribution in [0.25, 0.3) is 0 Å². The Balaban J connectivity index is 3.19. The van der Waals surface area contributed by atoms with E-state index in [-0.39, 0.29) is 24.6 Å². The molecule has 104 valence electrons. The Kier molecular flexibility index (Phi) is 5.35. The molecule has 0 N–H and O–H groups in total. The number of rotatable bonds is 5. The van der Waals surface area contributed by atoms with Crippen molar-refractivity contribution in [1.29, 1.82) is 0 Å². The standard InChI is InChI=1S/C12H15FN2O4/c1-4-18-11(16)8(12(17)19-5-2)10-9(13)7(3)14-6-15-10/h6,8H,4-5H2,1-3H3. The van der Waals surface area contributed by atoms with E-state index >= 15 is 0 Å². The molecule has 0 aliphatic rings. The van der Waals surface area contributed by atoms with Gasteiger partial charge in [0.05, 0.1) is 18.9 Å². The van der Waals surface area contributed by atoms with Crippen LogP contribution in [0.3, 0.4) is 0 Å². The first-order chi connectivity index (χ1) is 9.02. The molecule has 1 aromatic rings. The van der Waals surface area contributed by atoms with Crippen LogP contribution in [-0.4, -0.2) is 35.1 Å². The number of carbonyl (C=O) groups excluding carboxylic acids is 2. The lowest BCUT2D eigenvalue weighted by molar-refractivity contribution is -0.157. The third-order valence-corrected chi connectivity index (χ3v) is 2.31. The van der Waals surface area contributed by atoms with Crippen molar-refractivity contribution in [2.24, 2.45) is 0 Å². The molecule has 0 aliphatic heterocycles. The molecular formula is C12H15FN2O4. The van der Waals surface area contributed by atoms with Crippen LogP contribution < -0.4 is 0 Å². The van der Waals surface area contributed by atoms with E-state index in [1.54, 1.807) is 13.8 Å². The number of aromatic nitrogens is 2. The molecule has 1 heterocycles. The van der Waals surface area contributed by atoms with Gasteiger partial charge in [-0.2, -0.15) is 0 Å². The zero-order chi connectivity index (χ0) is 14.4. The molecule has 0 fully saturated rings. The van der Waals surface area contributed by atoms with Gasteiger partial charge < -0.3 is 9.47 Å². The predicted molar refractivity (Wildman–Crippen MR) is 62.7 cm³/mol. The molecule has 0 saturated carbocycles. The van der Waals surface area contributed by atoms with Crippen LogP contribution in [0, 0.1) is 12.7 Å². The number of esters is 2. The van der Waals surface area contributed by atoms with Crippen LogP contribution >= 0.6 is 0 Å². The summed E-state index contributed by atoms with van der Waals surface area (Å²) in [4.78, 5) is 30.8. The number of ether oxygens (including phenoxy) is 2. The summed E-state index contributed by atoms with van der Waals surface area (Å²) < 4.78 is 23.4. The summed E-state index contributed by atoms with van der Waals surface area (Å²) in [5.41, 5.74) is -0.284. The minimum absolute atomic E-state index is 0.0450. The van der Waals surface area contributed by atoms with Crippen LogP contribution in [-0.2, 0) is 19.1 Å². The molecule has 0 atom stereocenters. The van der Waals surface area contributed by atoms with E-state index in [1.807, 2.05) is 0 Å². The Morgan fingerprint density at radius 2 is 1.74 bits per heavy atom. The Hall–Kier alpha value is -2.05. The normalized spacial score (nSPS) is 10.4. The van der Waals surface area contributed by atoms with E-state index in [0.717, 1.165) is 6.33 Å². The summed E-state index contributed by atoms with van der Waals surface area (Å²) >= 11 is 0. The quantitative estimate of drug-likeness (QED) is 0.589. The van der Waals surface area contributed by atoms with E-state index in [1.165, 1.54) is 6.92 Å². The Bertz CT molecular complexity index is 461. The fourth-order valence-electron chi connectivity index (χ4n) is 1.45. The van der Waals surface area contributed by atoms with Crippen molar-refractivity contribution in [3.63, 3.8) is 0 Å². The van der Waals surface area contributed by atoms with Gasteiger partial charge in [0.2, 0.25) is 0 Å². The molecular weight excluding hydrogens is 255 g/mol. The topological polar surface area (TPSA) is 78.4 Å². The van der Waals surface area contributed by atoms with Crippen LogP contribution in [0.15, 0.2) is 6.33 Å². The van der Waals surface area contributed by atoms with Gasteiger partial charge in [0.25, 0.3) is 0 Å². The molecule has 0 radical (unpaired) electrons. The smallest absolute Gasteiger partial charge is 0.326 e. The lowest BCUT2D eigenvalue weighted by Crippen LogP contribution is -2.28. The number of carbonyl (C=O) groups is 2. The summed E-state index contributed by atoms with van der Waals surface area (Å²) in [5, 5.41) is 0. The molecule has 1 aromatic heterocycles. The maximum absolute atomic E-state index is 13.9. The number of hydrogen-bond acceptors (Lipinski definition) is 6. The van der Waals surface area contributed by atoms with Gasteiger partial charge >= 0.3 is 11.9 Å². The Morgan fingerprint density at radius 3 is 2.21 bits per heavy atom. The number of hydrogen-bond donors (Lipinski definition) is 0. The molecule has 19 heavy (non-hydrogen) atoms. The van der Waals surface area contributed by atoms with Gasteiger partial charge in [-0.3, -0.25) is 9.59 Å². The second-order valence-corrected chi connectivity index (χ2v) is 3.60. The highest BCUT2D eigenvalue weighted by Crippen LogP contribution is 2.21. The molecule has 0 aliphatic carbocycles. The average molecular weight is 270 g/mol. The summed E-state index contributed by atoms with van der Waals surface area (Å²) in [6, 6.07) is 0. The van der Waals surface area contributed by atoms with Crippen molar-refractivity contribution >= 4 is 11.9 Å². The molecule has 1 rings (SSSR count). The minimum Gasteiger partial charge on any atom is -0.465 e. The minimum atomic E-state index is -1.53. The Morgan fingerprint density at radius 1 is 1.21 bits per heavy atom. The molecule has 0 bridgehead atoms. The van der Waals surface area contributed by atoms with Crippen molar-refractivity contribution in [2.45, 2.75) is 26.7 Å². The van der Waals surface area contributed by atoms with E-state index in [9.17, 15) is 14.0 Å². The molecule has 0 spiro atoms. The van der Waals surface area contributed by atoms with Crippen molar-refractivity contribution in [3.05, 3.63) is 23.5 Å². The van der Waals surface area contributed by atoms with Crippen molar-refractivity contribution < 1.29 is 23.5 Å². The lowest BCUT2D eigenvalue weighted by Gasteiger charge is -2.14. The largest absolute Gasteiger partial charge is 0.465 e. The highest BCUT2D eigenvalue weighted by Gasteiger charge is 2.35. The summed E-state index contributed by atoms with van der Waals surface area (Å²) in [7, 11) is 0. The maximum atomic E-state index is 13.9. The highest BCUT2D eigenvalue weighted by molar-refractivity contribution is 6.00. The molecule has 7 heteroatoms. The van der Waals surface area contributed by atoms with E-state index in [4.69, 9.17) is 9.47 Å². The van der Waals surface area contributed by atoms with Crippen LogP contribution in [0.2, 0.25) is 0 Å². The second kappa shape index (κ2) is 6.77. The zero-order valence-electron chi connectivity index (χ0n) is 11.0. The monoisotopic (exact) mass is 270 g/mol. The van der Waals surface area contributed by atoms with Gasteiger partial charge in [-0.15, -0.1) is 0 Å².